The molecule has 19 heavy (non-hydrogen) atoms. The average molecular weight is 264 g/mol. The zero-order valence-corrected chi connectivity index (χ0v) is 10.7. The Bertz CT molecular complexity index is 497. The third-order valence-electron chi connectivity index (χ3n) is 3.42. The molecule has 0 aliphatic heterocycles. The number of para-hydroxylation sites is 1. The maximum atomic E-state index is 12.2. The first-order chi connectivity index (χ1) is 8.99. The van der Waals surface area contributed by atoms with Crippen molar-refractivity contribution in [2.45, 2.75) is 18.9 Å². The molecule has 0 saturated heterocycles. The first kappa shape index (κ1) is 13.5. The number of rotatable bonds is 4. The molecule has 6 heteroatoms. The van der Waals surface area contributed by atoms with Gasteiger partial charge in [-0.15, -0.1) is 0 Å². The molecule has 2 rings (SSSR count). The molecule has 6 nitrogen and oxygen atoms in total. The smallest absolute Gasteiger partial charge is 0.282 e. The number of carbonyl (C=O) groups is 1. The van der Waals surface area contributed by atoms with Crippen LogP contribution in [0.3, 0.4) is 0 Å². The quantitative estimate of drug-likeness (QED) is 0.658. The molecule has 1 saturated carbocycles. The molecular weight excluding hydrogens is 248 g/mol. The summed E-state index contributed by atoms with van der Waals surface area (Å²) in [7, 11) is 1.63. The molecular formula is C13H16N2O4. The van der Waals surface area contributed by atoms with Crippen molar-refractivity contribution in [1.29, 1.82) is 0 Å². The summed E-state index contributed by atoms with van der Waals surface area (Å²) in [5.41, 5.74) is -0.0668. The van der Waals surface area contributed by atoms with Gasteiger partial charge in [-0.3, -0.25) is 14.9 Å². The minimum absolute atomic E-state index is 0.106. The summed E-state index contributed by atoms with van der Waals surface area (Å²) in [5, 5.41) is 20.1. The molecule has 0 aromatic heterocycles. The van der Waals surface area contributed by atoms with Gasteiger partial charge < -0.3 is 10.0 Å². The number of carbonyl (C=O) groups excluding carboxylic acids is 1. The van der Waals surface area contributed by atoms with Gasteiger partial charge in [-0.25, -0.2) is 0 Å². The highest BCUT2D eigenvalue weighted by Gasteiger charge is 2.30. The number of aliphatic hydroxyl groups excluding tert-OH is 1. The molecule has 102 valence electrons. The summed E-state index contributed by atoms with van der Waals surface area (Å²) >= 11 is 0. The molecule has 0 atom stereocenters. The summed E-state index contributed by atoms with van der Waals surface area (Å²) in [5.74, 6) is -0.0691. The van der Waals surface area contributed by atoms with Crippen LogP contribution in [0, 0.1) is 16.0 Å². The number of hydrogen-bond donors (Lipinski definition) is 1. The lowest BCUT2D eigenvalue weighted by molar-refractivity contribution is -0.385. The molecule has 1 aromatic rings. The van der Waals surface area contributed by atoms with Gasteiger partial charge in [-0.2, -0.15) is 0 Å². The number of nitrogens with zero attached hydrogens (tertiary/aromatic N) is 2. The van der Waals surface area contributed by atoms with Crippen LogP contribution in [0.15, 0.2) is 24.3 Å². The second-order valence-electron chi connectivity index (χ2n) is 4.95. The van der Waals surface area contributed by atoms with E-state index >= 15 is 0 Å². The van der Waals surface area contributed by atoms with E-state index in [2.05, 4.69) is 0 Å². The van der Waals surface area contributed by atoms with Gasteiger partial charge in [0.15, 0.2) is 0 Å². The van der Waals surface area contributed by atoms with E-state index in [1.165, 1.54) is 23.1 Å². The van der Waals surface area contributed by atoms with E-state index in [0.717, 1.165) is 0 Å². The van der Waals surface area contributed by atoms with Gasteiger partial charge >= 0.3 is 0 Å². The lowest BCUT2D eigenvalue weighted by Gasteiger charge is -2.34. The van der Waals surface area contributed by atoms with Crippen LogP contribution >= 0.6 is 0 Å². The van der Waals surface area contributed by atoms with Crippen molar-refractivity contribution < 1.29 is 14.8 Å². The first-order valence-electron chi connectivity index (χ1n) is 6.16. The molecule has 0 heterocycles. The Hall–Kier alpha value is -1.95. The monoisotopic (exact) mass is 264 g/mol. The van der Waals surface area contributed by atoms with Crippen molar-refractivity contribution in [2.24, 2.45) is 5.92 Å². The number of benzene rings is 1. The zero-order chi connectivity index (χ0) is 14.0. The standard InChI is InChI=1S/C13H16N2O4/c1-14(8-9-6-10(16)7-9)13(17)11-4-2-3-5-12(11)15(18)19/h2-5,9-10,16H,6-8H2,1H3. The molecule has 1 fully saturated rings. The Kier molecular flexibility index (Phi) is 3.80. The molecule has 1 aromatic carbocycles. The fourth-order valence-corrected chi connectivity index (χ4v) is 2.34. The van der Waals surface area contributed by atoms with Crippen molar-refractivity contribution in [3.05, 3.63) is 39.9 Å². The molecule has 0 unspecified atom stereocenters. The molecule has 1 N–H and O–H groups in total. The van der Waals surface area contributed by atoms with Gasteiger partial charge in [0.25, 0.3) is 11.6 Å². The molecule has 0 spiro atoms. The van der Waals surface area contributed by atoms with Crippen LogP contribution in [-0.4, -0.2) is 40.5 Å². The largest absolute Gasteiger partial charge is 0.393 e. The van der Waals surface area contributed by atoms with Crippen molar-refractivity contribution >= 4 is 11.6 Å². The Morgan fingerprint density at radius 3 is 2.68 bits per heavy atom. The van der Waals surface area contributed by atoms with Crippen LogP contribution in [0.5, 0.6) is 0 Å². The highest BCUT2D eigenvalue weighted by molar-refractivity contribution is 5.97. The fraction of sp³-hybridized carbons (Fsp3) is 0.462. The summed E-state index contributed by atoms with van der Waals surface area (Å²) in [4.78, 5) is 24.0. The van der Waals surface area contributed by atoms with Crippen molar-refractivity contribution in [2.75, 3.05) is 13.6 Å². The van der Waals surface area contributed by atoms with Crippen molar-refractivity contribution in [3.8, 4) is 0 Å². The second kappa shape index (κ2) is 5.36. The molecule has 1 aliphatic rings. The minimum Gasteiger partial charge on any atom is -0.393 e. The van der Waals surface area contributed by atoms with Gasteiger partial charge in [-0.05, 0) is 24.8 Å². The van der Waals surface area contributed by atoms with Crippen LogP contribution in [-0.2, 0) is 0 Å². The summed E-state index contributed by atoms with van der Waals surface area (Å²) in [6.45, 7) is 0.516. The van der Waals surface area contributed by atoms with Gasteiger partial charge in [0, 0.05) is 19.7 Å². The Labute approximate surface area is 110 Å². The minimum atomic E-state index is -0.547. The predicted molar refractivity (Wildman–Crippen MR) is 68.8 cm³/mol. The van der Waals surface area contributed by atoms with Crippen LogP contribution in [0.2, 0.25) is 0 Å². The lowest BCUT2D eigenvalue weighted by atomic mass is 9.82. The van der Waals surface area contributed by atoms with Crippen LogP contribution in [0.4, 0.5) is 5.69 Å². The highest BCUT2D eigenvalue weighted by Crippen LogP contribution is 2.28. The van der Waals surface area contributed by atoms with Gasteiger partial charge in [-0.1, -0.05) is 12.1 Å². The Morgan fingerprint density at radius 1 is 1.47 bits per heavy atom. The van der Waals surface area contributed by atoms with Crippen LogP contribution in [0.25, 0.3) is 0 Å². The van der Waals surface area contributed by atoms with E-state index in [1.54, 1.807) is 13.1 Å². The topological polar surface area (TPSA) is 83.7 Å². The second-order valence-corrected chi connectivity index (χ2v) is 4.95. The normalized spacial score (nSPS) is 21.6. The predicted octanol–water partition coefficient (Wildman–Crippen LogP) is 1.44. The summed E-state index contributed by atoms with van der Waals surface area (Å²) in [6.07, 6.45) is 1.11. The highest BCUT2D eigenvalue weighted by atomic mass is 16.6. The summed E-state index contributed by atoms with van der Waals surface area (Å²) < 4.78 is 0. The van der Waals surface area contributed by atoms with Gasteiger partial charge in [0.2, 0.25) is 0 Å². The summed E-state index contributed by atoms with van der Waals surface area (Å²) in [6, 6.07) is 5.94. The number of hydrogen-bond acceptors (Lipinski definition) is 4. The molecule has 1 aliphatic carbocycles. The zero-order valence-electron chi connectivity index (χ0n) is 10.7. The fourth-order valence-electron chi connectivity index (χ4n) is 2.34. The Balaban J connectivity index is 2.08. The van der Waals surface area contributed by atoms with Crippen molar-refractivity contribution in [1.82, 2.24) is 4.90 Å². The maximum Gasteiger partial charge on any atom is 0.282 e. The lowest BCUT2D eigenvalue weighted by Crippen LogP contribution is -2.39. The Morgan fingerprint density at radius 2 is 2.11 bits per heavy atom. The van der Waals surface area contributed by atoms with Crippen LogP contribution < -0.4 is 0 Å². The van der Waals surface area contributed by atoms with E-state index in [1.807, 2.05) is 0 Å². The van der Waals surface area contributed by atoms with E-state index in [9.17, 15) is 20.0 Å². The number of amides is 1. The number of nitro groups is 1. The SMILES string of the molecule is CN(CC1CC(O)C1)C(=O)c1ccccc1[N+](=O)[O-]. The van der Waals surface area contributed by atoms with E-state index in [-0.39, 0.29) is 29.2 Å². The van der Waals surface area contributed by atoms with Gasteiger partial charge in [0.05, 0.1) is 11.0 Å². The third-order valence-corrected chi connectivity index (χ3v) is 3.42. The van der Waals surface area contributed by atoms with Crippen LogP contribution in [0.1, 0.15) is 23.2 Å². The van der Waals surface area contributed by atoms with E-state index in [0.29, 0.717) is 19.4 Å². The van der Waals surface area contributed by atoms with E-state index < -0.39 is 4.92 Å². The maximum absolute atomic E-state index is 12.2. The number of aliphatic hydroxyl groups is 1. The van der Waals surface area contributed by atoms with Crippen molar-refractivity contribution in [3.63, 3.8) is 0 Å². The number of nitro benzene ring substituents is 1. The molecule has 0 radical (unpaired) electrons. The van der Waals surface area contributed by atoms with E-state index in [4.69, 9.17) is 0 Å². The average Bonchev–Trinajstić information content (AvgIpc) is 2.35. The molecule has 1 amide bonds. The third kappa shape index (κ3) is 2.90. The first-order valence-corrected chi connectivity index (χ1v) is 6.16. The molecule has 0 bridgehead atoms. The van der Waals surface area contributed by atoms with Gasteiger partial charge in [0.1, 0.15) is 5.56 Å².